The lowest BCUT2D eigenvalue weighted by atomic mass is 10.3. The zero-order valence-corrected chi connectivity index (χ0v) is 10.2. The minimum Gasteiger partial charge on any atom is -0.374 e. The van der Waals surface area contributed by atoms with Crippen LogP contribution in [-0.4, -0.2) is 30.8 Å². The summed E-state index contributed by atoms with van der Waals surface area (Å²) in [6.07, 6.45) is 2.88. The van der Waals surface area contributed by atoms with Gasteiger partial charge in [-0.15, -0.1) is 0 Å². The maximum Gasteiger partial charge on any atom is 0.261 e. The first-order valence-electron chi connectivity index (χ1n) is 5.93. The Morgan fingerprint density at radius 3 is 3.00 bits per heavy atom. The molecule has 0 aromatic carbocycles. The Kier molecular flexibility index (Phi) is 6.81. The molecule has 0 radical (unpaired) electrons. The zero-order chi connectivity index (χ0) is 12.5. The van der Waals surface area contributed by atoms with Crippen LogP contribution in [0.15, 0.2) is 18.5 Å². The molecule has 0 saturated carbocycles. The summed E-state index contributed by atoms with van der Waals surface area (Å²) in [6, 6.07) is 2.06. The molecule has 0 atom stereocenters. The summed E-state index contributed by atoms with van der Waals surface area (Å²) in [5.41, 5.74) is 1.20. The van der Waals surface area contributed by atoms with E-state index < -0.39 is 13.0 Å². The highest BCUT2D eigenvalue weighted by molar-refractivity contribution is 5.09. The summed E-state index contributed by atoms with van der Waals surface area (Å²) in [7, 11) is 0. The fourth-order valence-electron chi connectivity index (χ4n) is 1.54. The third-order valence-corrected chi connectivity index (χ3v) is 2.29. The average molecular weight is 246 g/mol. The molecule has 0 spiro atoms. The largest absolute Gasteiger partial charge is 0.374 e. The molecule has 0 amide bonds. The van der Waals surface area contributed by atoms with Gasteiger partial charge in [0.2, 0.25) is 0 Å². The lowest BCUT2D eigenvalue weighted by Gasteiger charge is -2.04. The van der Waals surface area contributed by atoms with Crippen molar-refractivity contribution in [3.8, 4) is 0 Å². The smallest absolute Gasteiger partial charge is 0.261 e. The summed E-state index contributed by atoms with van der Waals surface area (Å²) in [5.74, 6) is 0. The van der Waals surface area contributed by atoms with Gasteiger partial charge in [0.05, 0.1) is 6.61 Å². The van der Waals surface area contributed by atoms with Crippen LogP contribution in [0.1, 0.15) is 18.9 Å². The van der Waals surface area contributed by atoms with E-state index in [2.05, 4.69) is 29.1 Å². The molecule has 1 rings (SSSR count). The van der Waals surface area contributed by atoms with E-state index in [-0.39, 0.29) is 0 Å². The number of hydrogen-bond donors (Lipinski definition) is 1. The van der Waals surface area contributed by atoms with Crippen LogP contribution in [0, 0.1) is 0 Å². The van der Waals surface area contributed by atoms with E-state index in [1.807, 2.05) is 6.20 Å². The van der Waals surface area contributed by atoms with E-state index in [1.54, 1.807) is 0 Å². The van der Waals surface area contributed by atoms with Crippen molar-refractivity contribution in [2.24, 2.45) is 0 Å². The van der Waals surface area contributed by atoms with Crippen molar-refractivity contribution in [3.63, 3.8) is 0 Å². The summed E-state index contributed by atoms with van der Waals surface area (Å²) >= 11 is 0. The van der Waals surface area contributed by atoms with Gasteiger partial charge in [-0.1, -0.05) is 6.92 Å². The number of nitrogens with zero attached hydrogens (tertiary/aromatic N) is 1. The third kappa shape index (κ3) is 6.38. The molecule has 0 aliphatic carbocycles. The predicted molar refractivity (Wildman–Crippen MR) is 63.3 cm³/mol. The van der Waals surface area contributed by atoms with E-state index in [0.717, 1.165) is 19.5 Å². The number of hydrogen-bond acceptors (Lipinski definition) is 2. The number of alkyl halides is 2. The molecule has 3 nitrogen and oxygen atoms in total. The highest BCUT2D eigenvalue weighted by Crippen LogP contribution is 2.01. The quantitative estimate of drug-likeness (QED) is 0.676. The lowest BCUT2D eigenvalue weighted by molar-refractivity contribution is 0.0187. The third-order valence-electron chi connectivity index (χ3n) is 2.29. The second-order valence-electron chi connectivity index (χ2n) is 3.90. The van der Waals surface area contributed by atoms with Crippen LogP contribution in [0.2, 0.25) is 0 Å². The second kappa shape index (κ2) is 8.20. The molecule has 5 heteroatoms. The van der Waals surface area contributed by atoms with Crippen molar-refractivity contribution < 1.29 is 13.5 Å². The Bertz CT molecular complexity index is 302. The highest BCUT2D eigenvalue weighted by Gasteiger charge is 2.01. The van der Waals surface area contributed by atoms with E-state index in [0.29, 0.717) is 13.2 Å². The van der Waals surface area contributed by atoms with Gasteiger partial charge in [0, 0.05) is 32.0 Å². The van der Waals surface area contributed by atoms with Gasteiger partial charge in [0.15, 0.2) is 0 Å². The van der Waals surface area contributed by atoms with Crippen molar-refractivity contribution in [1.82, 2.24) is 9.88 Å². The first kappa shape index (κ1) is 14.1. The SMILES string of the molecule is CCCn1ccc(CNCCOCC(F)F)c1. The van der Waals surface area contributed by atoms with Gasteiger partial charge in [-0.05, 0) is 18.1 Å². The Hall–Kier alpha value is -0.940. The molecule has 0 saturated heterocycles. The number of aromatic nitrogens is 1. The molecule has 0 bridgehead atoms. The van der Waals surface area contributed by atoms with E-state index in [4.69, 9.17) is 4.74 Å². The summed E-state index contributed by atoms with van der Waals surface area (Å²) < 4.78 is 30.4. The maximum atomic E-state index is 11.7. The first-order chi connectivity index (χ1) is 8.22. The van der Waals surface area contributed by atoms with Gasteiger partial charge in [0.1, 0.15) is 6.61 Å². The Balaban J connectivity index is 2.05. The van der Waals surface area contributed by atoms with Crippen molar-refractivity contribution in [2.75, 3.05) is 19.8 Å². The normalized spacial score (nSPS) is 11.3. The summed E-state index contributed by atoms with van der Waals surface area (Å²) in [6.45, 7) is 4.34. The molecule has 1 heterocycles. The molecule has 1 N–H and O–H groups in total. The number of rotatable bonds is 9. The molecule has 1 aromatic heterocycles. The standard InChI is InChI=1S/C12H20F2N2O/c1-2-5-16-6-3-11(9-16)8-15-4-7-17-10-12(13)14/h3,6,9,12,15H,2,4-5,7-8,10H2,1H3. The fourth-order valence-corrected chi connectivity index (χ4v) is 1.54. The number of ether oxygens (including phenoxy) is 1. The minimum atomic E-state index is -2.38. The molecule has 1 aromatic rings. The van der Waals surface area contributed by atoms with E-state index >= 15 is 0 Å². The minimum absolute atomic E-state index is 0.319. The summed E-state index contributed by atoms with van der Waals surface area (Å²) in [5, 5.41) is 3.15. The molecular weight excluding hydrogens is 226 g/mol. The van der Waals surface area contributed by atoms with Crippen LogP contribution in [-0.2, 0) is 17.8 Å². The van der Waals surface area contributed by atoms with Gasteiger partial charge < -0.3 is 14.6 Å². The lowest BCUT2D eigenvalue weighted by Crippen LogP contribution is -2.20. The van der Waals surface area contributed by atoms with Gasteiger partial charge in [-0.2, -0.15) is 0 Å². The number of aryl methyl sites for hydroxylation is 1. The van der Waals surface area contributed by atoms with Crippen molar-refractivity contribution in [2.45, 2.75) is 32.9 Å². The molecule has 0 aliphatic heterocycles. The molecule has 0 unspecified atom stereocenters. The van der Waals surface area contributed by atoms with E-state index in [9.17, 15) is 8.78 Å². The average Bonchev–Trinajstić information content (AvgIpc) is 2.71. The summed E-state index contributed by atoms with van der Waals surface area (Å²) in [4.78, 5) is 0. The number of nitrogens with one attached hydrogen (secondary N) is 1. The molecule has 98 valence electrons. The Morgan fingerprint density at radius 1 is 1.47 bits per heavy atom. The van der Waals surface area contributed by atoms with Crippen LogP contribution < -0.4 is 5.32 Å². The zero-order valence-electron chi connectivity index (χ0n) is 10.2. The maximum absolute atomic E-state index is 11.7. The number of halogens is 2. The predicted octanol–water partition coefficient (Wildman–Crippen LogP) is 2.27. The van der Waals surface area contributed by atoms with Crippen molar-refractivity contribution in [1.29, 1.82) is 0 Å². The molecule has 0 fully saturated rings. The van der Waals surface area contributed by atoms with Crippen molar-refractivity contribution >= 4 is 0 Å². The fraction of sp³-hybridized carbons (Fsp3) is 0.667. The molecule has 17 heavy (non-hydrogen) atoms. The van der Waals surface area contributed by atoms with Crippen LogP contribution in [0.25, 0.3) is 0 Å². The highest BCUT2D eigenvalue weighted by atomic mass is 19.3. The van der Waals surface area contributed by atoms with Gasteiger partial charge in [-0.3, -0.25) is 0 Å². The Labute approximate surface area is 101 Å². The van der Waals surface area contributed by atoms with Crippen LogP contribution in [0.3, 0.4) is 0 Å². The van der Waals surface area contributed by atoms with E-state index in [1.165, 1.54) is 5.56 Å². The monoisotopic (exact) mass is 246 g/mol. The van der Waals surface area contributed by atoms with Crippen molar-refractivity contribution in [3.05, 3.63) is 24.0 Å². The van der Waals surface area contributed by atoms with Gasteiger partial charge >= 0.3 is 0 Å². The first-order valence-corrected chi connectivity index (χ1v) is 5.93. The van der Waals surface area contributed by atoms with Crippen LogP contribution in [0.5, 0.6) is 0 Å². The molecule has 0 aliphatic rings. The van der Waals surface area contributed by atoms with Crippen LogP contribution in [0.4, 0.5) is 8.78 Å². The second-order valence-corrected chi connectivity index (χ2v) is 3.90. The Morgan fingerprint density at radius 2 is 2.29 bits per heavy atom. The molecular formula is C12H20F2N2O. The van der Waals surface area contributed by atoms with Gasteiger partial charge in [0.25, 0.3) is 6.43 Å². The van der Waals surface area contributed by atoms with Crippen LogP contribution >= 0.6 is 0 Å². The van der Waals surface area contributed by atoms with Gasteiger partial charge in [-0.25, -0.2) is 8.78 Å². The topological polar surface area (TPSA) is 26.2 Å².